The molecule has 182 valence electrons. The van der Waals surface area contributed by atoms with Gasteiger partial charge in [0.2, 0.25) is 0 Å². The van der Waals surface area contributed by atoms with Crippen molar-refractivity contribution in [1.82, 2.24) is 30.0 Å². The third-order valence-electron chi connectivity index (χ3n) is 6.72. The molecule has 8 heteroatoms. The molecule has 0 aliphatic carbocycles. The predicted molar refractivity (Wildman–Crippen MR) is 138 cm³/mol. The SMILES string of the molecule is CCc1cc(O)ccc1-c1ccc2c(-c3nc(C4=CCN(CCN(C)C)CC4)c[nH]3)n[nH]c2c1F. The van der Waals surface area contributed by atoms with Crippen LogP contribution in [-0.4, -0.2) is 75.3 Å². The maximum absolute atomic E-state index is 15.6. The number of hydrogen-bond acceptors (Lipinski definition) is 5. The standard InChI is InChI=1S/C27H31FN6O/c1-4-17-15-19(35)5-6-20(17)21-7-8-22-25(24(21)28)31-32-26(22)27-29-16-23(30-27)18-9-11-34(12-10-18)14-13-33(2)3/h5-9,15-16,35H,4,10-14H2,1-3H3,(H,29,30)(H,31,32). The highest BCUT2D eigenvalue weighted by Crippen LogP contribution is 2.35. The molecule has 0 unspecified atom stereocenters. The number of H-pyrrole nitrogens is 2. The molecule has 3 heterocycles. The molecule has 0 saturated carbocycles. The number of halogens is 1. The average Bonchev–Trinajstić information content (AvgIpc) is 3.51. The summed E-state index contributed by atoms with van der Waals surface area (Å²) in [6.07, 6.45) is 5.79. The Bertz CT molecular complexity index is 1390. The van der Waals surface area contributed by atoms with Crippen LogP contribution in [0.1, 0.15) is 24.6 Å². The van der Waals surface area contributed by atoms with E-state index in [4.69, 9.17) is 4.98 Å². The highest BCUT2D eigenvalue weighted by atomic mass is 19.1. The number of aromatic hydroxyl groups is 1. The minimum atomic E-state index is -0.360. The van der Waals surface area contributed by atoms with Crippen LogP contribution in [0.2, 0.25) is 0 Å². The van der Waals surface area contributed by atoms with E-state index in [1.807, 2.05) is 19.2 Å². The quantitative estimate of drug-likeness (QED) is 0.362. The Hall–Kier alpha value is -3.49. The number of phenolic OH excluding ortho intramolecular Hbond substituents is 1. The summed E-state index contributed by atoms with van der Waals surface area (Å²) in [5.41, 5.74) is 5.22. The Morgan fingerprint density at radius 1 is 1.17 bits per heavy atom. The third kappa shape index (κ3) is 4.59. The van der Waals surface area contributed by atoms with Crippen molar-refractivity contribution in [2.45, 2.75) is 19.8 Å². The molecule has 35 heavy (non-hydrogen) atoms. The highest BCUT2D eigenvalue weighted by Gasteiger charge is 2.20. The van der Waals surface area contributed by atoms with Crippen molar-refractivity contribution < 1.29 is 9.50 Å². The summed E-state index contributed by atoms with van der Waals surface area (Å²) in [6.45, 7) is 6.02. The van der Waals surface area contributed by atoms with Crippen molar-refractivity contribution in [3.63, 3.8) is 0 Å². The molecule has 2 aromatic carbocycles. The molecule has 0 spiro atoms. The van der Waals surface area contributed by atoms with Gasteiger partial charge in [-0.3, -0.25) is 10.00 Å². The van der Waals surface area contributed by atoms with Crippen molar-refractivity contribution in [3.8, 4) is 28.4 Å². The van der Waals surface area contributed by atoms with E-state index < -0.39 is 0 Å². The normalized spacial score (nSPS) is 14.7. The first-order valence-corrected chi connectivity index (χ1v) is 12.1. The lowest BCUT2D eigenvalue weighted by Crippen LogP contribution is -2.34. The van der Waals surface area contributed by atoms with Crippen LogP contribution in [0.15, 0.2) is 42.6 Å². The number of fused-ring (bicyclic) bond motifs is 1. The highest BCUT2D eigenvalue weighted by molar-refractivity contribution is 5.94. The number of aromatic amines is 2. The molecule has 0 atom stereocenters. The minimum absolute atomic E-state index is 0.180. The Morgan fingerprint density at radius 3 is 2.74 bits per heavy atom. The van der Waals surface area contributed by atoms with E-state index in [2.05, 4.69) is 45.2 Å². The number of nitrogens with zero attached hydrogens (tertiary/aromatic N) is 4. The molecule has 0 saturated heterocycles. The lowest BCUT2D eigenvalue weighted by Gasteiger charge is -2.26. The number of aromatic nitrogens is 4. The second-order valence-corrected chi connectivity index (χ2v) is 9.33. The molecular weight excluding hydrogens is 443 g/mol. The first-order valence-electron chi connectivity index (χ1n) is 12.1. The lowest BCUT2D eigenvalue weighted by atomic mass is 9.96. The Balaban J connectivity index is 1.41. The Kier molecular flexibility index (Phi) is 6.40. The van der Waals surface area contributed by atoms with Crippen LogP contribution in [0.3, 0.4) is 0 Å². The Morgan fingerprint density at radius 2 is 2.00 bits per heavy atom. The summed E-state index contributed by atoms with van der Waals surface area (Å²) in [5, 5.41) is 17.8. The van der Waals surface area contributed by atoms with Crippen molar-refractivity contribution in [3.05, 3.63) is 59.7 Å². The number of phenols is 1. The predicted octanol–water partition coefficient (Wildman–Crippen LogP) is 4.68. The molecule has 0 bridgehead atoms. The van der Waals surface area contributed by atoms with Crippen LogP contribution in [-0.2, 0) is 6.42 Å². The van der Waals surface area contributed by atoms with Crippen LogP contribution in [0.5, 0.6) is 5.75 Å². The molecule has 0 amide bonds. The molecule has 1 aliphatic rings. The monoisotopic (exact) mass is 474 g/mol. The van der Waals surface area contributed by atoms with Gasteiger partial charge in [0.15, 0.2) is 11.6 Å². The minimum Gasteiger partial charge on any atom is -0.508 e. The zero-order valence-electron chi connectivity index (χ0n) is 20.4. The van der Waals surface area contributed by atoms with E-state index in [0.29, 0.717) is 34.4 Å². The number of likely N-dealkylation sites (N-methyl/N-ethyl adjacent to an activating group) is 1. The topological polar surface area (TPSA) is 84.1 Å². The fourth-order valence-electron chi connectivity index (χ4n) is 4.67. The smallest absolute Gasteiger partial charge is 0.159 e. The van der Waals surface area contributed by atoms with Gasteiger partial charge in [0.1, 0.15) is 17.0 Å². The fourth-order valence-corrected chi connectivity index (χ4v) is 4.67. The summed E-state index contributed by atoms with van der Waals surface area (Å²) < 4.78 is 15.6. The first kappa shape index (κ1) is 23.3. The fraction of sp³-hybridized carbons (Fsp3) is 0.333. The summed E-state index contributed by atoms with van der Waals surface area (Å²) in [7, 11) is 4.19. The molecule has 2 aromatic heterocycles. The van der Waals surface area contributed by atoms with Crippen LogP contribution in [0.4, 0.5) is 4.39 Å². The van der Waals surface area contributed by atoms with Gasteiger partial charge < -0.3 is 15.0 Å². The first-order chi connectivity index (χ1) is 16.9. The number of aryl methyl sites for hydroxylation is 1. The number of benzene rings is 2. The van der Waals surface area contributed by atoms with Crippen molar-refractivity contribution in [2.75, 3.05) is 40.3 Å². The van der Waals surface area contributed by atoms with Crippen LogP contribution >= 0.6 is 0 Å². The van der Waals surface area contributed by atoms with E-state index in [0.717, 1.165) is 49.4 Å². The van der Waals surface area contributed by atoms with Crippen molar-refractivity contribution in [1.29, 1.82) is 0 Å². The van der Waals surface area contributed by atoms with Gasteiger partial charge in [-0.15, -0.1) is 0 Å². The summed E-state index contributed by atoms with van der Waals surface area (Å²) in [5.74, 6) is 0.438. The average molecular weight is 475 g/mol. The van der Waals surface area contributed by atoms with Gasteiger partial charge in [0, 0.05) is 43.3 Å². The number of nitrogens with one attached hydrogen (secondary N) is 2. The Labute approximate surface area is 204 Å². The number of rotatable bonds is 7. The van der Waals surface area contributed by atoms with Crippen LogP contribution in [0.25, 0.3) is 39.1 Å². The molecule has 7 nitrogen and oxygen atoms in total. The van der Waals surface area contributed by atoms with Crippen molar-refractivity contribution in [2.24, 2.45) is 0 Å². The molecule has 0 fully saturated rings. The van der Waals surface area contributed by atoms with E-state index in [-0.39, 0.29) is 11.6 Å². The molecular formula is C27H31FN6O. The lowest BCUT2D eigenvalue weighted by molar-refractivity contribution is 0.260. The van der Waals surface area contributed by atoms with Crippen molar-refractivity contribution >= 4 is 16.5 Å². The molecule has 0 radical (unpaired) electrons. The van der Waals surface area contributed by atoms with Gasteiger partial charge in [0.05, 0.1) is 5.69 Å². The van der Waals surface area contributed by atoms with Gasteiger partial charge >= 0.3 is 0 Å². The zero-order valence-corrected chi connectivity index (χ0v) is 20.4. The summed E-state index contributed by atoms with van der Waals surface area (Å²) >= 11 is 0. The molecule has 1 aliphatic heterocycles. The third-order valence-corrected chi connectivity index (χ3v) is 6.72. The van der Waals surface area contributed by atoms with Gasteiger partial charge in [0.25, 0.3) is 0 Å². The maximum atomic E-state index is 15.6. The maximum Gasteiger partial charge on any atom is 0.159 e. The van der Waals surface area contributed by atoms with Crippen LogP contribution in [0, 0.1) is 5.82 Å². The van der Waals surface area contributed by atoms with E-state index in [1.165, 1.54) is 5.57 Å². The second-order valence-electron chi connectivity index (χ2n) is 9.33. The number of imidazole rings is 1. The van der Waals surface area contributed by atoms with Gasteiger partial charge in [-0.2, -0.15) is 5.10 Å². The number of hydrogen-bond donors (Lipinski definition) is 3. The van der Waals surface area contributed by atoms with Gasteiger partial charge in [-0.1, -0.05) is 25.1 Å². The van der Waals surface area contributed by atoms with Crippen LogP contribution < -0.4 is 0 Å². The van der Waals surface area contributed by atoms with Gasteiger partial charge in [-0.05, 0) is 61.8 Å². The van der Waals surface area contributed by atoms with E-state index in [1.54, 1.807) is 24.3 Å². The van der Waals surface area contributed by atoms with Gasteiger partial charge in [-0.25, -0.2) is 9.37 Å². The zero-order chi connectivity index (χ0) is 24.5. The largest absolute Gasteiger partial charge is 0.508 e. The van der Waals surface area contributed by atoms with E-state index in [9.17, 15) is 5.11 Å². The summed E-state index contributed by atoms with van der Waals surface area (Å²) in [6, 6.07) is 8.68. The summed E-state index contributed by atoms with van der Waals surface area (Å²) in [4.78, 5) is 12.7. The molecule has 5 rings (SSSR count). The molecule has 4 aromatic rings. The molecule has 3 N–H and O–H groups in total. The van der Waals surface area contributed by atoms with E-state index >= 15 is 4.39 Å². The second kappa shape index (κ2) is 9.64.